The summed E-state index contributed by atoms with van der Waals surface area (Å²) in [6.45, 7) is 7.91. The number of rotatable bonds is 10. The predicted molar refractivity (Wildman–Crippen MR) is 118 cm³/mol. The molecule has 2 amide bonds. The third-order valence-corrected chi connectivity index (χ3v) is 5.69. The van der Waals surface area contributed by atoms with Crippen LogP contribution in [0.2, 0.25) is 0 Å². The van der Waals surface area contributed by atoms with Gasteiger partial charge in [0.15, 0.2) is 6.61 Å². The van der Waals surface area contributed by atoms with Crippen molar-refractivity contribution in [2.24, 2.45) is 5.92 Å². The van der Waals surface area contributed by atoms with E-state index in [9.17, 15) is 22.8 Å². The summed E-state index contributed by atoms with van der Waals surface area (Å²) < 4.78 is 37.7. The number of nitrogens with zero attached hydrogens (tertiary/aromatic N) is 1. The lowest BCUT2D eigenvalue weighted by molar-refractivity contribution is -0.154. The summed E-state index contributed by atoms with van der Waals surface area (Å²) in [5.74, 6) is -1.80. The number of hydrogen-bond acceptors (Lipinski definition) is 7. The number of carbonyl (C=O) groups excluding carboxylic acids is 3. The minimum Gasteiger partial charge on any atom is -0.497 e. The topological polar surface area (TPSA) is 131 Å². The summed E-state index contributed by atoms with van der Waals surface area (Å²) in [5, 5.41) is 2.73. The molecule has 1 aromatic carbocycles. The van der Waals surface area contributed by atoms with Crippen molar-refractivity contribution in [3.63, 3.8) is 0 Å². The number of amides is 2. The van der Waals surface area contributed by atoms with Crippen molar-refractivity contribution in [2.75, 3.05) is 27.3 Å². The minimum atomic E-state index is -4.02. The lowest BCUT2D eigenvalue weighted by Crippen LogP contribution is -2.48. The van der Waals surface area contributed by atoms with Gasteiger partial charge in [-0.2, -0.15) is 4.72 Å². The van der Waals surface area contributed by atoms with Crippen LogP contribution in [0.4, 0.5) is 0 Å². The van der Waals surface area contributed by atoms with Gasteiger partial charge in [-0.05, 0) is 51.0 Å². The number of nitrogens with one attached hydrogen (secondary N) is 2. The maximum atomic E-state index is 12.7. The van der Waals surface area contributed by atoms with Crippen LogP contribution in [0.25, 0.3) is 0 Å². The van der Waals surface area contributed by atoms with Crippen LogP contribution in [0, 0.1) is 5.92 Å². The van der Waals surface area contributed by atoms with Crippen molar-refractivity contribution in [2.45, 2.75) is 51.1 Å². The Morgan fingerprint density at radius 3 is 2.12 bits per heavy atom. The zero-order valence-corrected chi connectivity index (χ0v) is 20.4. The lowest BCUT2D eigenvalue weighted by atomic mass is 10.1. The monoisotopic (exact) mass is 471 g/mol. The molecule has 0 radical (unpaired) electrons. The van der Waals surface area contributed by atoms with Crippen molar-refractivity contribution >= 4 is 27.8 Å². The molecule has 0 aromatic heterocycles. The van der Waals surface area contributed by atoms with Crippen LogP contribution in [0.1, 0.15) is 34.6 Å². The van der Waals surface area contributed by atoms with Gasteiger partial charge in [0.05, 0.1) is 18.6 Å². The maximum Gasteiger partial charge on any atom is 0.324 e. The van der Waals surface area contributed by atoms with Gasteiger partial charge in [0, 0.05) is 12.6 Å². The molecule has 1 aromatic rings. The van der Waals surface area contributed by atoms with Crippen molar-refractivity contribution < 1.29 is 32.3 Å². The molecule has 0 aliphatic rings. The fraction of sp³-hybridized carbons (Fsp3) is 0.571. The fourth-order valence-electron chi connectivity index (χ4n) is 2.54. The molecule has 0 heterocycles. The molecule has 0 aliphatic heterocycles. The molecule has 11 heteroatoms. The normalized spacial score (nSPS) is 12.8. The highest BCUT2D eigenvalue weighted by atomic mass is 32.2. The highest BCUT2D eigenvalue weighted by Crippen LogP contribution is 2.17. The molecule has 0 aliphatic carbocycles. The molecule has 1 rings (SSSR count). The van der Waals surface area contributed by atoms with E-state index in [1.165, 1.54) is 38.4 Å². The van der Waals surface area contributed by atoms with Crippen LogP contribution < -0.4 is 14.8 Å². The number of hydrogen-bond donors (Lipinski definition) is 2. The van der Waals surface area contributed by atoms with Gasteiger partial charge in [0.25, 0.3) is 5.91 Å². The summed E-state index contributed by atoms with van der Waals surface area (Å²) in [4.78, 5) is 37.8. The van der Waals surface area contributed by atoms with Crippen molar-refractivity contribution in [1.29, 1.82) is 0 Å². The van der Waals surface area contributed by atoms with Gasteiger partial charge < -0.3 is 19.7 Å². The van der Waals surface area contributed by atoms with E-state index in [0.717, 1.165) is 4.90 Å². The van der Waals surface area contributed by atoms with Crippen LogP contribution in [0.15, 0.2) is 29.2 Å². The first-order chi connectivity index (χ1) is 14.7. The Hall–Kier alpha value is -2.66. The number of ether oxygens (including phenoxy) is 2. The van der Waals surface area contributed by atoms with Crippen LogP contribution in [0.3, 0.4) is 0 Å². The summed E-state index contributed by atoms with van der Waals surface area (Å²) >= 11 is 0. The van der Waals surface area contributed by atoms with E-state index >= 15 is 0 Å². The summed E-state index contributed by atoms with van der Waals surface area (Å²) in [6, 6.07) is 4.48. The van der Waals surface area contributed by atoms with Gasteiger partial charge in [-0.25, -0.2) is 8.42 Å². The Morgan fingerprint density at radius 1 is 1.09 bits per heavy atom. The van der Waals surface area contributed by atoms with E-state index in [0.29, 0.717) is 5.75 Å². The Morgan fingerprint density at radius 2 is 1.66 bits per heavy atom. The molecule has 0 unspecified atom stereocenters. The van der Waals surface area contributed by atoms with Gasteiger partial charge in [0.1, 0.15) is 11.8 Å². The van der Waals surface area contributed by atoms with Crippen LogP contribution in [0.5, 0.6) is 5.75 Å². The summed E-state index contributed by atoms with van der Waals surface area (Å²) in [5.41, 5.74) is -0.445. The van der Waals surface area contributed by atoms with E-state index in [1.54, 1.807) is 13.8 Å². The molecule has 1 atom stereocenters. The number of sulfonamides is 1. The molecule has 10 nitrogen and oxygen atoms in total. The van der Waals surface area contributed by atoms with Crippen molar-refractivity contribution in [1.82, 2.24) is 14.9 Å². The fourth-order valence-corrected chi connectivity index (χ4v) is 3.87. The van der Waals surface area contributed by atoms with Crippen LogP contribution in [-0.2, 0) is 29.1 Å². The lowest BCUT2D eigenvalue weighted by Gasteiger charge is -2.24. The predicted octanol–water partition coefficient (Wildman–Crippen LogP) is 0.914. The average molecular weight is 472 g/mol. The van der Waals surface area contributed by atoms with Crippen molar-refractivity contribution in [3.8, 4) is 5.75 Å². The smallest absolute Gasteiger partial charge is 0.324 e. The first-order valence-corrected chi connectivity index (χ1v) is 11.5. The number of benzene rings is 1. The highest BCUT2D eigenvalue weighted by Gasteiger charge is 2.30. The van der Waals surface area contributed by atoms with Gasteiger partial charge in [-0.1, -0.05) is 13.8 Å². The number of carbonyl (C=O) groups is 3. The molecule has 180 valence electrons. The van der Waals surface area contributed by atoms with Gasteiger partial charge in [-0.15, -0.1) is 0 Å². The molecule has 0 bridgehead atoms. The minimum absolute atomic E-state index is 0.0441. The van der Waals surface area contributed by atoms with Crippen molar-refractivity contribution in [3.05, 3.63) is 24.3 Å². The number of esters is 1. The van der Waals surface area contributed by atoms with Gasteiger partial charge >= 0.3 is 5.97 Å². The largest absolute Gasteiger partial charge is 0.497 e. The molecule has 32 heavy (non-hydrogen) atoms. The first kappa shape index (κ1) is 27.4. The molecular weight excluding hydrogens is 438 g/mol. The molecule has 0 saturated carbocycles. The molecule has 0 saturated heterocycles. The SMILES string of the molecule is COc1ccc(S(=O)(=O)N[C@H](C(=O)OCC(=O)N(C)CC(=O)NC(C)(C)C)C(C)C)cc1. The third kappa shape index (κ3) is 8.83. The first-order valence-electron chi connectivity index (χ1n) is 10.0. The zero-order valence-electron chi connectivity index (χ0n) is 19.6. The Bertz CT molecular complexity index is 906. The van der Waals surface area contributed by atoms with Crippen LogP contribution >= 0.6 is 0 Å². The zero-order chi connectivity index (χ0) is 24.7. The van der Waals surface area contributed by atoms with Crippen LogP contribution in [-0.4, -0.2) is 70.0 Å². The van der Waals surface area contributed by atoms with E-state index in [2.05, 4.69) is 10.0 Å². The molecule has 2 N–H and O–H groups in total. The maximum absolute atomic E-state index is 12.7. The van der Waals surface area contributed by atoms with E-state index < -0.39 is 46.0 Å². The highest BCUT2D eigenvalue weighted by molar-refractivity contribution is 7.89. The summed E-state index contributed by atoms with van der Waals surface area (Å²) in [7, 11) is -1.15. The second-order valence-corrected chi connectivity index (χ2v) is 10.4. The van der Waals surface area contributed by atoms with E-state index in [1.807, 2.05) is 20.8 Å². The Labute approximate surface area is 189 Å². The van der Waals surface area contributed by atoms with Gasteiger partial charge in [0.2, 0.25) is 15.9 Å². The summed E-state index contributed by atoms with van der Waals surface area (Å²) in [6.07, 6.45) is 0. The third-order valence-electron chi connectivity index (χ3n) is 4.23. The number of methoxy groups -OCH3 is 1. The molecular formula is C21H33N3O7S. The quantitative estimate of drug-likeness (QED) is 0.485. The second kappa shape index (κ2) is 11.3. The van der Waals surface area contributed by atoms with E-state index in [-0.39, 0.29) is 17.3 Å². The molecule has 0 fully saturated rings. The standard InChI is InChI=1S/C21H33N3O7S/c1-14(2)19(23-32(28,29)16-10-8-15(30-7)9-11-16)20(27)31-13-18(26)24(6)12-17(25)22-21(3,4)5/h8-11,14,19,23H,12-13H2,1-7H3,(H,22,25)/t19-/m0/s1. The van der Waals surface area contributed by atoms with Gasteiger partial charge in [-0.3, -0.25) is 14.4 Å². The average Bonchev–Trinajstić information content (AvgIpc) is 2.68. The Balaban J connectivity index is 2.74. The number of likely N-dealkylation sites (N-methyl/N-ethyl adjacent to an activating group) is 1. The second-order valence-electron chi connectivity index (χ2n) is 8.67. The van der Waals surface area contributed by atoms with E-state index in [4.69, 9.17) is 9.47 Å². The Kier molecular flexibility index (Phi) is 9.65. The molecule has 0 spiro atoms.